The average Bonchev–Trinajstić information content (AvgIpc) is 2.55. The molecule has 3 aromatic rings. The van der Waals surface area contributed by atoms with Gasteiger partial charge in [0.25, 0.3) is 0 Å². The van der Waals surface area contributed by atoms with Crippen molar-refractivity contribution in [2.24, 2.45) is 0 Å². The van der Waals surface area contributed by atoms with E-state index < -0.39 is 0 Å². The molecule has 120 valence electrons. The molecule has 0 unspecified atom stereocenters. The lowest BCUT2D eigenvalue weighted by molar-refractivity contribution is -0.115. The maximum atomic E-state index is 12.2. The molecule has 0 fully saturated rings. The summed E-state index contributed by atoms with van der Waals surface area (Å²) in [5.41, 5.74) is 6.52. The standard InChI is InChI=1S/C22H21NO/c1-16-12-17(2)14-21(13-16)23-22(24)15-18-8-10-20(11-9-18)19-6-4-3-5-7-19/h3-14H,15H2,1-2H3,(H,23,24). The number of nitrogens with one attached hydrogen (secondary N) is 1. The van der Waals surface area contributed by atoms with Gasteiger partial charge in [-0.1, -0.05) is 60.7 Å². The highest BCUT2D eigenvalue weighted by molar-refractivity contribution is 5.92. The number of hydrogen-bond acceptors (Lipinski definition) is 1. The van der Waals surface area contributed by atoms with Gasteiger partial charge in [-0.15, -0.1) is 0 Å². The Bertz CT molecular complexity index is 815. The number of anilines is 1. The third-order valence-corrected chi connectivity index (χ3v) is 3.93. The summed E-state index contributed by atoms with van der Waals surface area (Å²) in [5, 5.41) is 2.98. The van der Waals surface area contributed by atoms with E-state index in [-0.39, 0.29) is 5.91 Å². The summed E-state index contributed by atoms with van der Waals surface area (Å²) in [6.45, 7) is 4.07. The van der Waals surface area contributed by atoms with Crippen molar-refractivity contribution in [2.45, 2.75) is 20.3 Å². The molecule has 0 bridgehead atoms. The van der Waals surface area contributed by atoms with E-state index >= 15 is 0 Å². The minimum Gasteiger partial charge on any atom is -0.326 e. The van der Waals surface area contributed by atoms with Crippen LogP contribution < -0.4 is 5.32 Å². The molecular formula is C22H21NO. The van der Waals surface area contributed by atoms with E-state index in [1.165, 1.54) is 5.56 Å². The molecule has 1 N–H and O–H groups in total. The van der Waals surface area contributed by atoms with E-state index in [1.54, 1.807) is 0 Å². The van der Waals surface area contributed by atoms with Gasteiger partial charge in [0.1, 0.15) is 0 Å². The highest BCUT2D eigenvalue weighted by Gasteiger charge is 2.06. The Labute approximate surface area is 143 Å². The van der Waals surface area contributed by atoms with Crippen molar-refractivity contribution in [2.75, 3.05) is 5.32 Å². The lowest BCUT2D eigenvalue weighted by atomic mass is 10.0. The number of hydrogen-bond donors (Lipinski definition) is 1. The molecule has 24 heavy (non-hydrogen) atoms. The molecule has 3 aromatic carbocycles. The van der Waals surface area contributed by atoms with E-state index in [2.05, 4.69) is 35.6 Å². The van der Waals surface area contributed by atoms with Crippen LogP contribution in [0.5, 0.6) is 0 Å². The molecule has 0 saturated carbocycles. The summed E-state index contributed by atoms with van der Waals surface area (Å²) >= 11 is 0. The van der Waals surface area contributed by atoms with Gasteiger partial charge in [0.05, 0.1) is 6.42 Å². The monoisotopic (exact) mass is 315 g/mol. The number of benzene rings is 3. The van der Waals surface area contributed by atoms with E-state index in [0.29, 0.717) is 6.42 Å². The third-order valence-electron chi connectivity index (χ3n) is 3.93. The van der Waals surface area contributed by atoms with Crippen LogP contribution >= 0.6 is 0 Å². The average molecular weight is 315 g/mol. The van der Waals surface area contributed by atoms with Crippen molar-refractivity contribution in [3.63, 3.8) is 0 Å². The smallest absolute Gasteiger partial charge is 0.228 e. The van der Waals surface area contributed by atoms with Gasteiger partial charge in [0.15, 0.2) is 0 Å². The molecule has 2 heteroatoms. The van der Waals surface area contributed by atoms with Crippen LogP contribution in [-0.2, 0) is 11.2 Å². The molecule has 0 saturated heterocycles. The van der Waals surface area contributed by atoms with Gasteiger partial charge >= 0.3 is 0 Å². The topological polar surface area (TPSA) is 29.1 Å². The van der Waals surface area contributed by atoms with Crippen LogP contribution in [0.2, 0.25) is 0 Å². The summed E-state index contributed by atoms with van der Waals surface area (Å²) in [7, 11) is 0. The molecule has 0 atom stereocenters. The number of aryl methyl sites for hydroxylation is 2. The molecular weight excluding hydrogens is 294 g/mol. The zero-order valence-corrected chi connectivity index (χ0v) is 14.0. The highest BCUT2D eigenvalue weighted by atomic mass is 16.1. The van der Waals surface area contributed by atoms with Gasteiger partial charge in [-0.2, -0.15) is 0 Å². The van der Waals surface area contributed by atoms with Crippen LogP contribution in [0.3, 0.4) is 0 Å². The summed E-state index contributed by atoms with van der Waals surface area (Å²) in [4.78, 5) is 12.2. The molecule has 0 aliphatic heterocycles. The quantitative estimate of drug-likeness (QED) is 0.708. The van der Waals surface area contributed by atoms with Crippen molar-refractivity contribution in [1.82, 2.24) is 0 Å². The first kappa shape index (κ1) is 16.0. The minimum atomic E-state index is 0.00691. The van der Waals surface area contributed by atoms with E-state index in [9.17, 15) is 4.79 Å². The second-order valence-electron chi connectivity index (χ2n) is 6.16. The highest BCUT2D eigenvalue weighted by Crippen LogP contribution is 2.20. The summed E-state index contributed by atoms with van der Waals surface area (Å²) < 4.78 is 0. The van der Waals surface area contributed by atoms with Gasteiger partial charge in [-0.05, 0) is 53.8 Å². The van der Waals surface area contributed by atoms with E-state index in [1.807, 2.05) is 56.3 Å². The Morgan fingerprint density at radius 2 is 1.38 bits per heavy atom. The molecule has 0 radical (unpaired) electrons. The van der Waals surface area contributed by atoms with Crippen LogP contribution in [-0.4, -0.2) is 5.91 Å². The van der Waals surface area contributed by atoms with Gasteiger partial charge in [0.2, 0.25) is 5.91 Å². The van der Waals surface area contributed by atoms with E-state index in [4.69, 9.17) is 0 Å². The van der Waals surface area contributed by atoms with Gasteiger partial charge in [-0.25, -0.2) is 0 Å². The van der Waals surface area contributed by atoms with Crippen LogP contribution in [0.15, 0.2) is 72.8 Å². The molecule has 0 spiro atoms. The fourth-order valence-corrected chi connectivity index (χ4v) is 2.88. The van der Waals surface area contributed by atoms with Gasteiger partial charge in [0, 0.05) is 5.69 Å². The Morgan fingerprint density at radius 1 is 0.792 bits per heavy atom. The van der Waals surface area contributed by atoms with Crippen LogP contribution in [0, 0.1) is 13.8 Å². The molecule has 1 amide bonds. The Hall–Kier alpha value is -2.87. The predicted molar refractivity (Wildman–Crippen MR) is 100 cm³/mol. The van der Waals surface area contributed by atoms with Crippen LogP contribution in [0.1, 0.15) is 16.7 Å². The van der Waals surface area contributed by atoms with Gasteiger partial charge < -0.3 is 5.32 Å². The third kappa shape index (κ3) is 4.11. The molecule has 0 heterocycles. The summed E-state index contributed by atoms with van der Waals surface area (Å²) in [5.74, 6) is 0.00691. The lowest BCUT2D eigenvalue weighted by Gasteiger charge is -2.08. The minimum absolute atomic E-state index is 0.00691. The number of carbonyl (C=O) groups is 1. The summed E-state index contributed by atoms with van der Waals surface area (Å²) in [6.07, 6.45) is 0.377. The van der Waals surface area contributed by atoms with Gasteiger partial charge in [-0.3, -0.25) is 4.79 Å². The van der Waals surface area contributed by atoms with Crippen LogP contribution in [0.4, 0.5) is 5.69 Å². The molecule has 0 aromatic heterocycles. The Kier molecular flexibility index (Phi) is 4.76. The first-order valence-electron chi connectivity index (χ1n) is 8.13. The predicted octanol–water partition coefficient (Wildman–Crippen LogP) is 5.15. The fourth-order valence-electron chi connectivity index (χ4n) is 2.88. The lowest BCUT2D eigenvalue weighted by Crippen LogP contribution is -2.14. The Balaban J connectivity index is 1.66. The van der Waals surface area contributed by atoms with Crippen molar-refractivity contribution in [3.8, 4) is 11.1 Å². The van der Waals surface area contributed by atoms with Crippen LogP contribution in [0.25, 0.3) is 11.1 Å². The molecule has 0 aliphatic carbocycles. The maximum absolute atomic E-state index is 12.2. The number of amides is 1. The first-order valence-corrected chi connectivity index (χ1v) is 8.13. The first-order chi connectivity index (χ1) is 11.6. The largest absolute Gasteiger partial charge is 0.326 e. The van der Waals surface area contributed by atoms with Crippen molar-refractivity contribution >= 4 is 11.6 Å². The number of carbonyl (C=O) groups excluding carboxylic acids is 1. The zero-order chi connectivity index (χ0) is 16.9. The summed E-state index contributed by atoms with van der Waals surface area (Å²) in [6, 6.07) is 24.5. The molecule has 2 nitrogen and oxygen atoms in total. The van der Waals surface area contributed by atoms with Crippen molar-refractivity contribution in [3.05, 3.63) is 89.5 Å². The normalized spacial score (nSPS) is 10.4. The van der Waals surface area contributed by atoms with Crippen molar-refractivity contribution in [1.29, 1.82) is 0 Å². The second-order valence-corrected chi connectivity index (χ2v) is 6.16. The zero-order valence-electron chi connectivity index (χ0n) is 14.0. The molecule has 0 aliphatic rings. The second kappa shape index (κ2) is 7.14. The maximum Gasteiger partial charge on any atom is 0.228 e. The SMILES string of the molecule is Cc1cc(C)cc(NC(=O)Cc2ccc(-c3ccccc3)cc2)c1. The van der Waals surface area contributed by atoms with Crippen molar-refractivity contribution < 1.29 is 4.79 Å². The fraction of sp³-hybridized carbons (Fsp3) is 0.136. The molecule has 3 rings (SSSR count). The number of rotatable bonds is 4. The van der Waals surface area contributed by atoms with E-state index in [0.717, 1.165) is 27.9 Å². The Morgan fingerprint density at radius 3 is 2.00 bits per heavy atom.